The second-order valence-electron chi connectivity index (χ2n) is 6.44. The van der Waals surface area contributed by atoms with Crippen LogP contribution in [0.25, 0.3) is 0 Å². The number of hydrogen-bond donors (Lipinski definition) is 1. The first-order chi connectivity index (χ1) is 8.94. The summed E-state index contributed by atoms with van der Waals surface area (Å²) >= 11 is 0. The summed E-state index contributed by atoms with van der Waals surface area (Å²) in [5.74, 6) is 0.674. The Labute approximate surface area is 117 Å². The van der Waals surface area contributed by atoms with Crippen LogP contribution in [0.5, 0.6) is 0 Å². The fraction of sp³-hybridized carbons (Fsp3) is 0.800. The van der Waals surface area contributed by atoms with Crippen molar-refractivity contribution in [1.82, 2.24) is 20.0 Å². The molecule has 1 fully saturated rings. The molecule has 0 amide bonds. The van der Waals surface area contributed by atoms with Gasteiger partial charge in [0.25, 0.3) is 0 Å². The van der Waals surface area contributed by atoms with Crippen molar-refractivity contribution >= 4 is 0 Å². The van der Waals surface area contributed by atoms with E-state index in [2.05, 4.69) is 49.1 Å². The smallest absolute Gasteiger partial charge is 0.0764 e. The first-order valence-electron chi connectivity index (χ1n) is 7.41. The molecule has 1 aromatic heterocycles. The van der Waals surface area contributed by atoms with E-state index >= 15 is 0 Å². The van der Waals surface area contributed by atoms with Gasteiger partial charge < -0.3 is 5.32 Å². The first-order valence-corrected chi connectivity index (χ1v) is 7.41. The molecule has 0 spiro atoms. The van der Waals surface area contributed by atoms with Gasteiger partial charge in [0, 0.05) is 44.5 Å². The second kappa shape index (κ2) is 5.63. The van der Waals surface area contributed by atoms with E-state index in [1.54, 1.807) is 0 Å². The van der Waals surface area contributed by atoms with Crippen LogP contribution in [0.15, 0.2) is 12.3 Å². The number of rotatable bonds is 4. The van der Waals surface area contributed by atoms with E-state index in [0.717, 1.165) is 26.1 Å². The Morgan fingerprint density at radius 3 is 2.79 bits per heavy atom. The standard InChI is InChI=1S/C15H28N4/c1-6-15(4)11-16-14(12(2)3)10-19(15)9-13-7-8-18(5)17-13/h7-8,12,14,16H,6,9-11H2,1-5H3. The van der Waals surface area contributed by atoms with Crippen LogP contribution in [0.1, 0.15) is 39.8 Å². The predicted octanol–water partition coefficient (Wildman–Crippen LogP) is 2.02. The van der Waals surface area contributed by atoms with Crippen LogP contribution in [0.3, 0.4) is 0 Å². The van der Waals surface area contributed by atoms with E-state index in [9.17, 15) is 0 Å². The zero-order chi connectivity index (χ0) is 14.0. The van der Waals surface area contributed by atoms with Crippen molar-refractivity contribution in [2.75, 3.05) is 13.1 Å². The predicted molar refractivity (Wildman–Crippen MR) is 78.9 cm³/mol. The number of hydrogen-bond acceptors (Lipinski definition) is 3. The van der Waals surface area contributed by atoms with E-state index in [1.807, 2.05) is 17.9 Å². The van der Waals surface area contributed by atoms with Gasteiger partial charge in [-0.2, -0.15) is 5.10 Å². The highest BCUT2D eigenvalue weighted by atomic mass is 15.3. The van der Waals surface area contributed by atoms with Crippen molar-refractivity contribution in [3.8, 4) is 0 Å². The maximum absolute atomic E-state index is 4.53. The number of nitrogens with one attached hydrogen (secondary N) is 1. The minimum absolute atomic E-state index is 0.239. The van der Waals surface area contributed by atoms with Crippen LogP contribution in [-0.2, 0) is 13.6 Å². The Balaban J connectivity index is 2.11. The molecule has 0 aromatic carbocycles. The monoisotopic (exact) mass is 264 g/mol. The van der Waals surface area contributed by atoms with Gasteiger partial charge in [0.05, 0.1) is 5.69 Å². The highest BCUT2D eigenvalue weighted by molar-refractivity contribution is 5.03. The number of piperazine rings is 1. The van der Waals surface area contributed by atoms with Gasteiger partial charge in [0.15, 0.2) is 0 Å². The van der Waals surface area contributed by atoms with Crippen molar-refractivity contribution < 1.29 is 0 Å². The normalized spacial score (nSPS) is 29.1. The minimum Gasteiger partial charge on any atom is -0.311 e. The summed E-state index contributed by atoms with van der Waals surface area (Å²) in [4.78, 5) is 2.61. The lowest BCUT2D eigenvalue weighted by Crippen LogP contribution is -2.63. The Bertz CT molecular complexity index is 412. The molecule has 2 atom stereocenters. The summed E-state index contributed by atoms with van der Waals surface area (Å²) in [5.41, 5.74) is 1.41. The molecule has 1 aromatic rings. The summed E-state index contributed by atoms with van der Waals surface area (Å²) in [6, 6.07) is 2.71. The van der Waals surface area contributed by atoms with E-state index in [1.165, 1.54) is 5.69 Å². The quantitative estimate of drug-likeness (QED) is 0.903. The number of aromatic nitrogens is 2. The minimum atomic E-state index is 0.239. The van der Waals surface area contributed by atoms with Gasteiger partial charge in [0.2, 0.25) is 0 Å². The third-order valence-corrected chi connectivity index (χ3v) is 4.61. The van der Waals surface area contributed by atoms with Crippen LogP contribution in [0, 0.1) is 5.92 Å². The highest BCUT2D eigenvalue weighted by Crippen LogP contribution is 2.26. The topological polar surface area (TPSA) is 33.1 Å². The van der Waals surface area contributed by atoms with E-state index < -0.39 is 0 Å². The molecule has 0 saturated carbocycles. The van der Waals surface area contributed by atoms with Crippen molar-refractivity contribution in [1.29, 1.82) is 0 Å². The van der Waals surface area contributed by atoms with Crippen molar-refractivity contribution in [3.05, 3.63) is 18.0 Å². The van der Waals surface area contributed by atoms with Gasteiger partial charge in [-0.25, -0.2) is 0 Å². The van der Waals surface area contributed by atoms with E-state index in [-0.39, 0.29) is 5.54 Å². The van der Waals surface area contributed by atoms with Crippen LogP contribution >= 0.6 is 0 Å². The highest BCUT2D eigenvalue weighted by Gasteiger charge is 2.37. The molecular weight excluding hydrogens is 236 g/mol. The average molecular weight is 264 g/mol. The summed E-state index contributed by atoms with van der Waals surface area (Å²) < 4.78 is 1.89. The number of aryl methyl sites for hydroxylation is 1. The Hall–Kier alpha value is -0.870. The third kappa shape index (κ3) is 3.18. The molecule has 108 valence electrons. The van der Waals surface area contributed by atoms with Crippen LogP contribution in [0.2, 0.25) is 0 Å². The Kier molecular flexibility index (Phi) is 4.31. The number of nitrogens with zero attached hydrogens (tertiary/aromatic N) is 3. The van der Waals surface area contributed by atoms with E-state index in [0.29, 0.717) is 12.0 Å². The van der Waals surface area contributed by atoms with Gasteiger partial charge in [-0.15, -0.1) is 0 Å². The van der Waals surface area contributed by atoms with Crippen molar-refractivity contribution in [3.63, 3.8) is 0 Å². The molecule has 0 aliphatic carbocycles. The molecular formula is C15H28N4. The van der Waals surface area contributed by atoms with Crippen molar-refractivity contribution in [2.45, 2.75) is 52.2 Å². The fourth-order valence-electron chi connectivity index (χ4n) is 2.78. The summed E-state index contributed by atoms with van der Waals surface area (Å²) in [5, 5.41) is 8.24. The van der Waals surface area contributed by atoms with Crippen LogP contribution in [-0.4, -0.2) is 39.4 Å². The maximum Gasteiger partial charge on any atom is 0.0764 e. The van der Waals surface area contributed by atoms with Crippen molar-refractivity contribution in [2.24, 2.45) is 13.0 Å². The molecule has 4 nitrogen and oxygen atoms in total. The van der Waals surface area contributed by atoms with Crippen LogP contribution in [0.4, 0.5) is 0 Å². The zero-order valence-electron chi connectivity index (χ0n) is 13.0. The lowest BCUT2D eigenvalue weighted by atomic mass is 9.89. The second-order valence-corrected chi connectivity index (χ2v) is 6.44. The largest absolute Gasteiger partial charge is 0.311 e. The summed E-state index contributed by atoms with van der Waals surface area (Å²) in [7, 11) is 1.98. The molecule has 4 heteroatoms. The van der Waals surface area contributed by atoms with Gasteiger partial charge in [-0.05, 0) is 25.3 Å². The lowest BCUT2D eigenvalue weighted by Gasteiger charge is -2.48. The molecule has 2 heterocycles. The fourth-order valence-corrected chi connectivity index (χ4v) is 2.78. The molecule has 2 rings (SSSR count). The Morgan fingerprint density at radius 1 is 1.53 bits per heavy atom. The average Bonchev–Trinajstić information content (AvgIpc) is 2.77. The molecule has 1 aliphatic rings. The molecule has 2 unspecified atom stereocenters. The zero-order valence-corrected chi connectivity index (χ0v) is 13.0. The SMILES string of the molecule is CCC1(C)CNC(C(C)C)CN1Cc1ccn(C)n1. The molecule has 19 heavy (non-hydrogen) atoms. The van der Waals surface area contributed by atoms with E-state index in [4.69, 9.17) is 0 Å². The third-order valence-electron chi connectivity index (χ3n) is 4.61. The summed E-state index contributed by atoms with van der Waals surface area (Å²) in [6.45, 7) is 12.4. The molecule has 1 aliphatic heterocycles. The van der Waals surface area contributed by atoms with Gasteiger partial charge in [0.1, 0.15) is 0 Å². The summed E-state index contributed by atoms with van der Waals surface area (Å²) in [6.07, 6.45) is 3.19. The molecule has 0 bridgehead atoms. The first kappa shape index (κ1) is 14.5. The van der Waals surface area contributed by atoms with Crippen LogP contribution < -0.4 is 5.32 Å². The van der Waals surface area contributed by atoms with Gasteiger partial charge >= 0.3 is 0 Å². The molecule has 0 radical (unpaired) electrons. The maximum atomic E-state index is 4.53. The van der Waals surface area contributed by atoms with Gasteiger partial charge in [-0.3, -0.25) is 9.58 Å². The molecule has 1 saturated heterocycles. The Morgan fingerprint density at radius 2 is 2.26 bits per heavy atom. The van der Waals surface area contributed by atoms with Gasteiger partial charge in [-0.1, -0.05) is 20.8 Å². The molecule has 1 N–H and O–H groups in total. The lowest BCUT2D eigenvalue weighted by molar-refractivity contribution is 0.0305.